The molecule has 13 heteroatoms. The number of benzene rings is 1. The second-order valence-electron chi connectivity index (χ2n) is 13.2. The van der Waals surface area contributed by atoms with Crippen LogP contribution in [0.1, 0.15) is 68.0 Å². The monoisotopic (exact) mass is 624 g/mol. The van der Waals surface area contributed by atoms with E-state index in [2.05, 4.69) is 70.3 Å². The van der Waals surface area contributed by atoms with Crippen molar-refractivity contribution in [3.05, 3.63) is 40.7 Å². The van der Waals surface area contributed by atoms with E-state index >= 15 is 0 Å². The van der Waals surface area contributed by atoms with Crippen LogP contribution in [0.3, 0.4) is 0 Å². The lowest BCUT2D eigenvalue weighted by atomic mass is 10.2. The Hall–Kier alpha value is -2.82. The molecule has 3 aromatic heterocycles. The molecule has 0 bridgehead atoms. The molecule has 3 atom stereocenters. The summed E-state index contributed by atoms with van der Waals surface area (Å²) in [6.07, 6.45) is -0.580. The van der Waals surface area contributed by atoms with Crippen LogP contribution in [0.25, 0.3) is 33.6 Å². The van der Waals surface area contributed by atoms with Gasteiger partial charge in [-0.15, -0.1) is 0 Å². The Morgan fingerprint density at radius 3 is 2.26 bits per heavy atom. The zero-order valence-electron chi connectivity index (χ0n) is 26.3. The van der Waals surface area contributed by atoms with Crippen LogP contribution in [-0.2, 0) is 17.7 Å². The van der Waals surface area contributed by atoms with E-state index < -0.39 is 28.9 Å². The Morgan fingerprint density at radius 1 is 0.930 bits per heavy atom. The summed E-state index contributed by atoms with van der Waals surface area (Å²) in [5.41, 5.74) is 8.82. The van der Waals surface area contributed by atoms with Crippen molar-refractivity contribution in [3.63, 3.8) is 0 Å². The van der Waals surface area contributed by atoms with E-state index in [9.17, 15) is 4.79 Å². The summed E-state index contributed by atoms with van der Waals surface area (Å²) >= 11 is 0. The van der Waals surface area contributed by atoms with Crippen molar-refractivity contribution < 1.29 is 17.7 Å². The van der Waals surface area contributed by atoms with E-state index in [1.807, 2.05) is 34.9 Å². The van der Waals surface area contributed by atoms with Crippen molar-refractivity contribution in [1.82, 2.24) is 24.5 Å². The van der Waals surface area contributed by atoms with Gasteiger partial charge in [0.05, 0.1) is 18.4 Å². The molecule has 2 fully saturated rings. The number of nitrogens with two attached hydrogens (primary N) is 1. The number of nitrogens with zero attached hydrogens (tertiary/aromatic N) is 3. The van der Waals surface area contributed by atoms with Crippen LogP contribution in [0, 0.1) is 0 Å². The van der Waals surface area contributed by atoms with Crippen molar-refractivity contribution in [3.8, 4) is 11.5 Å². The third-order valence-corrected chi connectivity index (χ3v) is 19.4. The Morgan fingerprint density at radius 2 is 1.60 bits per heavy atom. The number of fused-ring (bicyclic) bond motifs is 3. The molecule has 0 spiro atoms. The number of aromatic nitrogens is 5. The molecule has 4 N–H and O–H groups in total. The van der Waals surface area contributed by atoms with Crippen LogP contribution in [0.4, 0.5) is 5.95 Å². The number of imidazole rings is 1. The molecule has 2 saturated heterocycles. The number of hydrogen-bond acceptors (Lipinski definition) is 8. The first-order chi connectivity index (χ1) is 20.4. The lowest BCUT2D eigenvalue weighted by Crippen LogP contribution is -2.65. The number of nitrogens with one attached hydrogen (secondary N) is 2. The van der Waals surface area contributed by atoms with Crippen LogP contribution < -0.4 is 11.3 Å². The van der Waals surface area contributed by atoms with Gasteiger partial charge in [-0.25, -0.2) is 4.98 Å². The third-order valence-electron chi connectivity index (χ3n) is 9.16. The number of ether oxygens (including phenoxy) is 1. The van der Waals surface area contributed by atoms with Crippen molar-refractivity contribution in [2.24, 2.45) is 0 Å². The summed E-state index contributed by atoms with van der Waals surface area (Å²) in [5, 5.41) is 1.04. The molecule has 0 aliphatic carbocycles. The minimum atomic E-state index is -2.82. The highest BCUT2D eigenvalue weighted by Crippen LogP contribution is 2.48. The Balaban J connectivity index is 1.47. The lowest BCUT2D eigenvalue weighted by molar-refractivity contribution is -0.0540. The first kappa shape index (κ1) is 30.2. The molecule has 11 nitrogen and oxygen atoms in total. The molecule has 2 aliphatic rings. The molecule has 1 aromatic carbocycles. The second-order valence-corrected chi connectivity index (χ2v) is 22.0. The minimum absolute atomic E-state index is 0.0227. The average molecular weight is 625 g/mol. The van der Waals surface area contributed by atoms with Gasteiger partial charge in [0.2, 0.25) is 5.95 Å². The van der Waals surface area contributed by atoms with Gasteiger partial charge in [-0.05, 0) is 34.3 Å². The third kappa shape index (κ3) is 4.90. The van der Waals surface area contributed by atoms with Crippen LogP contribution in [-0.4, -0.2) is 60.4 Å². The number of rotatable bonds is 6. The van der Waals surface area contributed by atoms with Crippen molar-refractivity contribution in [2.45, 2.75) is 102 Å². The van der Waals surface area contributed by atoms with Gasteiger partial charge in [0, 0.05) is 17.3 Å². The van der Waals surface area contributed by atoms with Crippen molar-refractivity contribution in [1.29, 1.82) is 0 Å². The molecule has 4 aromatic rings. The average Bonchev–Trinajstić information content (AvgIpc) is 3.63. The summed E-state index contributed by atoms with van der Waals surface area (Å²) in [5.74, 6) is 0.574. The highest BCUT2D eigenvalue weighted by Gasteiger charge is 2.60. The van der Waals surface area contributed by atoms with E-state index in [-0.39, 0.29) is 45.8 Å². The molecule has 2 aliphatic heterocycles. The fourth-order valence-corrected chi connectivity index (χ4v) is 18.2. The highest BCUT2D eigenvalue weighted by atomic mass is 28.5. The van der Waals surface area contributed by atoms with Gasteiger partial charge in [-0.3, -0.25) is 14.3 Å². The maximum Gasteiger partial charge on any atom is 0.335 e. The number of nitrogen functional groups attached to an aromatic ring is 1. The smallest absolute Gasteiger partial charge is 0.335 e. The summed E-state index contributed by atoms with van der Waals surface area (Å²) in [6.45, 7) is 18.1. The molecule has 0 unspecified atom stereocenters. The molecule has 43 heavy (non-hydrogen) atoms. The van der Waals surface area contributed by atoms with Gasteiger partial charge in [0.15, 0.2) is 17.0 Å². The van der Waals surface area contributed by atoms with Crippen LogP contribution in [0.5, 0.6) is 0 Å². The maximum absolute atomic E-state index is 13.0. The van der Waals surface area contributed by atoms with Crippen molar-refractivity contribution >= 4 is 45.1 Å². The van der Waals surface area contributed by atoms with E-state index in [4.69, 9.17) is 28.4 Å². The summed E-state index contributed by atoms with van der Waals surface area (Å²) in [6, 6.07) is 10.0. The van der Waals surface area contributed by atoms with Gasteiger partial charge in [0.1, 0.15) is 12.3 Å². The first-order valence-corrected chi connectivity index (χ1v) is 19.3. The van der Waals surface area contributed by atoms with Gasteiger partial charge in [0.25, 0.3) is 5.56 Å². The molecule has 6 rings (SSSR count). The number of anilines is 1. The van der Waals surface area contributed by atoms with E-state index in [0.717, 1.165) is 16.6 Å². The molecular formula is C30H44N6O5Si2. The lowest BCUT2D eigenvalue weighted by Gasteiger charge is -2.51. The zero-order chi connectivity index (χ0) is 30.8. The number of aromatic amines is 2. The minimum Gasteiger partial charge on any atom is -0.414 e. The number of hydrogen-bond donors (Lipinski definition) is 3. The summed E-state index contributed by atoms with van der Waals surface area (Å²) < 4.78 is 30.3. The largest absolute Gasteiger partial charge is 0.414 e. The predicted octanol–water partition coefficient (Wildman–Crippen LogP) is 6.09. The highest BCUT2D eigenvalue weighted by molar-refractivity contribution is 6.84. The molecule has 232 valence electrons. The van der Waals surface area contributed by atoms with E-state index in [1.165, 1.54) is 0 Å². The topological polar surface area (TPSA) is 142 Å². The zero-order valence-corrected chi connectivity index (χ0v) is 28.3. The number of H-pyrrole nitrogens is 2. The Kier molecular flexibility index (Phi) is 7.71. The van der Waals surface area contributed by atoms with E-state index in [1.54, 1.807) is 0 Å². The quantitative estimate of drug-likeness (QED) is 0.219. The SMILES string of the molecule is CC(C)[Si]1(C(C)C)OC[C@H]2O[C@@H](n3c(-c4cc5ccccc5[nH]4)nc4c(=O)[nH]c(N)nc43)C[C@@H]2O[Si](C(C)C)(C(C)C)O1. The molecule has 0 saturated carbocycles. The maximum atomic E-state index is 13.0. The van der Waals surface area contributed by atoms with Gasteiger partial charge < -0.3 is 28.4 Å². The van der Waals surface area contributed by atoms with Gasteiger partial charge in [-0.1, -0.05) is 73.6 Å². The van der Waals surface area contributed by atoms with Crippen LogP contribution in [0.15, 0.2) is 35.1 Å². The Labute approximate surface area is 254 Å². The fraction of sp³-hybridized carbons (Fsp3) is 0.567. The summed E-state index contributed by atoms with van der Waals surface area (Å²) in [4.78, 5) is 28.4. The standard InChI is InChI=1S/C30H44N6O5Si2/c1-16(2)42(17(3)4)38-15-24-23(40-43(41-42,18(5)6)19(7)8)14-25(39-24)36-27(22-13-20-11-9-10-12-21(20)32-22)33-26-28(36)34-30(31)35-29(26)37/h9-13,16-19,23-25,32H,14-15H2,1-8H3,(H3,31,34,35,37)/t23-,24+,25+/m0/s1. The second kappa shape index (κ2) is 11.0. The summed E-state index contributed by atoms with van der Waals surface area (Å²) in [7, 11) is -5.53. The molecular weight excluding hydrogens is 581 g/mol. The van der Waals surface area contributed by atoms with Gasteiger partial charge >= 0.3 is 17.1 Å². The normalized spacial score (nSPS) is 24.0. The Bertz CT molecular complexity index is 1650. The van der Waals surface area contributed by atoms with Crippen LogP contribution >= 0.6 is 0 Å². The predicted molar refractivity (Wildman–Crippen MR) is 172 cm³/mol. The number of para-hydroxylation sites is 1. The molecule has 0 amide bonds. The fourth-order valence-electron chi connectivity index (χ4n) is 6.95. The first-order valence-electron chi connectivity index (χ1n) is 15.4. The van der Waals surface area contributed by atoms with Crippen molar-refractivity contribution in [2.75, 3.05) is 12.3 Å². The van der Waals surface area contributed by atoms with E-state index in [0.29, 0.717) is 24.5 Å². The van der Waals surface area contributed by atoms with Gasteiger partial charge in [-0.2, -0.15) is 4.98 Å². The molecule has 0 radical (unpaired) electrons. The van der Waals surface area contributed by atoms with Crippen LogP contribution in [0.2, 0.25) is 22.2 Å². The molecule has 5 heterocycles.